The molecule has 186 valence electrons. The van der Waals surface area contributed by atoms with Gasteiger partial charge in [-0.25, -0.2) is 17.5 Å². The Labute approximate surface area is 201 Å². The van der Waals surface area contributed by atoms with Gasteiger partial charge in [-0.15, -0.1) is 0 Å². The summed E-state index contributed by atoms with van der Waals surface area (Å²) in [5.74, 6) is -0.110. The Hall–Kier alpha value is -3.11. The molecule has 2 rings (SSSR count). The molecule has 0 radical (unpaired) electrons. The van der Waals surface area contributed by atoms with Crippen LogP contribution >= 0.6 is 0 Å². The molecule has 0 heterocycles. The van der Waals surface area contributed by atoms with Gasteiger partial charge >= 0.3 is 5.97 Å². The van der Waals surface area contributed by atoms with Crippen LogP contribution in [0.5, 0.6) is 11.5 Å². The van der Waals surface area contributed by atoms with E-state index >= 15 is 0 Å². The Morgan fingerprint density at radius 3 is 2.29 bits per heavy atom. The van der Waals surface area contributed by atoms with Gasteiger partial charge in [0.25, 0.3) is 5.91 Å². The van der Waals surface area contributed by atoms with Gasteiger partial charge in [0.15, 0.2) is 17.6 Å². The van der Waals surface area contributed by atoms with Crippen molar-refractivity contribution >= 4 is 27.6 Å². The van der Waals surface area contributed by atoms with E-state index in [9.17, 15) is 18.0 Å². The zero-order valence-electron chi connectivity index (χ0n) is 20.5. The topological polar surface area (TPSA) is 111 Å². The summed E-state index contributed by atoms with van der Waals surface area (Å²) in [6.07, 6.45) is -1.14. The summed E-state index contributed by atoms with van der Waals surface area (Å²) in [5, 5.41) is 2.63. The number of benzene rings is 2. The second-order valence-corrected chi connectivity index (χ2v) is 10.5. The zero-order valence-corrected chi connectivity index (χ0v) is 21.4. The second-order valence-electron chi connectivity index (χ2n) is 8.37. The maximum atomic E-state index is 12.7. The summed E-state index contributed by atoms with van der Waals surface area (Å²) in [7, 11) is 0.643. The first-order valence-corrected chi connectivity index (χ1v) is 12.2. The molecule has 0 aliphatic heterocycles. The van der Waals surface area contributed by atoms with Gasteiger partial charge in [-0.2, -0.15) is 0 Å². The van der Waals surface area contributed by atoms with Gasteiger partial charge in [0.2, 0.25) is 10.0 Å². The van der Waals surface area contributed by atoms with Crippen molar-refractivity contribution in [2.75, 3.05) is 33.1 Å². The molecule has 0 saturated heterocycles. The molecule has 1 unspecified atom stereocenters. The Morgan fingerprint density at radius 2 is 1.71 bits per heavy atom. The molecule has 1 amide bonds. The van der Waals surface area contributed by atoms with E-state index < -0.39 is 28.0 Å². The summed E-state index contributed by atoms with van der Waals surface area (Å²) >= 11 is 0. The number of nitrogens with one attached hydrogen (secondary N) is 1. The van der Waals surface area contributed by atoms with Crippen molar-refractivity contribution in [3.63, 3.8) is 0 Å². The third kappa shape index (κ3) is 6.71. The number of esters is 1. The van der Waals surface area contributed by atoms with Crippen molar-refractivity contribution in [1.29, 1.82) is 0 Å². The lowest BCUT2D eigenvalue weighted by atomic mass is 10.2. The number of nitrogens with zero attached hydrogens (tertiary/aromatic N) is 1. The number of aryl methyl sites for hydroxylation is 1. The average molecular weight is 493 g/mol. The molecule has 0 spiro atoms. The van der Waals surface area contributed by atoms with Crippen molar-refractivity contribution in [3.8, 4) is 11.5 Å². The minimum absolute atomic E-state index is 0.0370. The van der Waals surface area contributed by atoms with Gasteiger partial charge in [-0.1, -0.05) is 19.9 Å². The fourth-order valence-corrected chi connectivity index (χ4v) is 3.72. The number of anilines is 1. The van der Waals surface area contributed by atoms with Crippen LogP contribution in [-0.2, 0) is 19.6 Å². The molecule has 0 fully saturated rings. The number of ether oxygens (including phenoxy) is 3. The Balaban J connectivity index is 2.12. The molecular formula is C24H32N2O7S. The number of sulfonamides is 1. The number of hydrogen-bond acceptors (Lipinski definition) is 7. The zero-order chi connectivity index (χ0) is 25.6. The molecule has 0 saturated carbocycles. The quantitative estimate of drug-likeness (QED) is 0.506. The van der Waals surface area contributed by atoms with E-state index in [0.29, 0.717) is 35.3 Å². The van der Waals surface area contributed by atoms with E-state index in [4.69, 9.17) is 14.2 Å². The average Bonchev–Trinajstić information content (AvgIpc) is 2.78. The third-order valence-corrected chi connectivity index (χ3v) is 6.68. The highest BCUT2D eigenvalue weighted by molar-refractivity contribution is 7.89. The van der Waals surface area contributed by atoms with E-state index in [0.717, 1.165) is 4.31 Å². The normalized spacial score (nSPS) is 12.4. The first kappa shape index (κ1) is 27.1. The highest BCUT2D eigenvalue weighted by atomic mass is 32.2. The second kappa shape index (κ2) is 11.3. The van der Waals surface area contributed by atoms with Crippen molar-refractivity contribution in [2.45, 2.75) is 38.7 Å². The highest BCUT2D eigenvalue weighted by Gasteiger charge is 2.23. The van der Waals surface area contributed by atoms with Crippen molar-refractivity contribution in [2.24, 2.45) is 5.92 Å². The lowest BCUT2D eigenvalue weighted by Crippen LogP contribution is -2.30. The summed E-state index contributed by atoms with van der Waals surface area (Å²) in [6.45, 7) is 7.69. The smallest absolute Gasteiger partial charge is 0.339 e. The van der Waals surface area contributed by atoms with Crippen molar-refractivity contribution < 1.29 is 32.2 Å². The summed E-state index contributed by atoms with van der Waals surface area (Å²) in [6, 6.07) is 9.07. The Morgan fingerprint density at radius 1 is 1.03 bits per heavy atom. The van der Waals surface area contributed by atoms with E-state index in [1.54, 1.807) is 19.1 Å². The first-order chi connectivity index (χ1) is 15.9. The largest absolute Gasteiger partial charge is 0.493 e. The molecule has 0 aliphatic rings. The number of carbonyl (C=O) groups excluding carboxylic acids is 2. The van der Waals surface area contributed by atoms with Crippen LogP contribution in [0.2, 0.25) is 0 Å². The molecule has 10 heteroatoms. The highest BCUT2D eigenvalue weighted by Crippen LogP contribution is 2.29. The van der Waals surface area contributed by atoms with Gasteiger partial charge in [0.05, 0.1) is 24.2 Å². The monoisotopic (exact) mass is 492 g/mol. The number of methoxy groups -OCH3 is 1. The van der Waals surface area contributed by atoms with Crippen LogP contribution in [0.25, 0.3) is 0 Å². The summed E-state index contributed by atoms with van der Waals surface area (Å²) in [5.41, 5.74) is 1.17. The van der Waals surface area contributed by atoms with E-state index in [1.165, 1.54) is 52.4 Å². The van der Waals surface area contributed by atoms with Crippen LogP contribution < -0.4 is 14.8 Å². The van der Waals surface area contributed by atoms with Gasteiger partial charge < -0.3 is 19.5 Å². The minimum atomic E-state index is -3.67. The van der Waals surface area contributed by atoms with Crippen molar-refractivity contribution in [3.05, 3.63) is 47.5 Å². The molecule has 0 bridgehead atoms. The maximum Gasteiger partial charge on any atom is 0.339 e. The molecule has 2 aromatic rings. The molecular weight excluding hydrogens is 460 g/mol. The molecule has 0 aromatic heterocycles. The van der Waals surface area contributed by atoms with Crippen molar-refractivity contribution in [1.82, 2.24) is 4.31 Å². The predicted octanol–water partition coefficient (Wildman–Crippen LogP) is 3.47. The predicted molar refractivity (Wildman–Crippen MR) is 129 cm³/mol. The van der Waals surface area contributed by atoms with E-state index in [2.05, 4.69) is 5.32 Å². The SMILES string of the molecule is COc1cc(C(=O)OC(C)C(=O)Nc2cc(S(=O)(=O)N(C)C)ccc2C)ccc1OCC(C)C. The molecule has 0 aliphatic carbocycles. The number of hydrogen-bond donors (Lipinski definition) is 1. The Bertz CT molecular complexity index is 1140. The van der Waals surface area contributed by atoms with Crippen LogP contribution in [0.1, 0.15) is 36.7 Å². The summed E-state index contributed by atoms with van der Waals surface area (Å²) in [4.78, 5) is 25.3. The van der Waals surface area contributed by atoms with E-state index in [1.807, 2.05) is 13.8 Å². The van der Waals surface area contributed by atoms with Gasteiger partial charge in [0, 0.05) is 19.8 Å². The fourth-order valence-electron chi connectivity index (χ4n) is 2.79. The lowest BCUT2D eigenvalue weighted by Gasteiger charge is -2.17. The fraction of sp³-hybridized carbons (Fsp3) is 0.417. The minimum Gasteiger partial charge on any atom is -0.493 e. The number of rotatable bonds is 10. The Kier molecular flexibility index (Phi) is 9.06. The maximum absolute atomic E-state index is 12.7. The molecule has 1 atom stereocenters. The van der Waals surface area contributed by atoms with E-state index in [-0.39, 0.29) is 10.5 Å². The molecule has 2 aromatic carbocycles. The molecule has 1 N–H and O–H groups in total. The lowest BCUT2D eigenvalue weighted by molar-refractivity contribution is -0.123. The van der Waals surface area contributed by atoms with Crippen LogP contribution in [-0.4, -0.2) is 58.5 Å². The first-order valence-electron chi connectivity index (χ1n) is 10.7. The summed E-state index contributed by atoms with van der Waals surface area (Å²) < 4.78 is 42.2. The molecule has 9 nitrogen and oxygen atoms in total. The van der Waals surface area contributed by atoms with Crippen LogP contribution in [0, 0.1) is 12.8 Å². The van der Waals surface area contributed by atoms with Gasteiger partial charge in [-0.3, -0.25) is 4.79 Å². The third-order valence-electron chi connectivity index (χ3n) is 4.87. The molecule has 34 heavy (non-hydrogen) atoms. The van der Waals surface area contributed by atoms with Gasteiger partial charge in [-0.05, 0) is 55.7 Å². The van der Waals surface area contributed by atoms with Crippen LogP contribution in [0.15, 0.2) is 41.3 Å². The number of amides is 1. The van der Waals surface area contributed by atoms with Gasteiger partial charge in [0.1, 0.15) is 0 Å². The number of carbonyl (C=O) groups is 2. The standard InChI is InChI=1S/C24H32N2O7S/c1-15(2)14-32-21-11-9-18(12-22(21)31-7)24(28)33-17(4)23(27)25-20-13-19(10-8-16(20)3)34(29,30)26(5)6/h8-13,15,17H,14H2,1-7H3,(H,25,27). The van der Waals surface area contributed by atoms with Crippen LogP contribution in [0.4, 0.5) is 5.69 Å². The van der Waals surface area contributed by atoms with Crippen LogP contribution in [0.3, 0.4) is 0 Å².